The van der Waals surface area contributed by atoms with Gasteiger partial charge in [-0.25, -0.2) is 0 Å². The minimum absolute atomic E-state index is 0.120. The second kappa shape index (κ2) is 7.80. The first kappa shape index (κ1) is 17.0. The molecule has 3 aromatic rings. The molecule has 0 bridgehead atoms. The highest BCUT2D eigenvalue weighted by Crippen LogP contribution is 2.20. The first-order valence-corrected chi connectivity index (χ1v) is 8.23. The van der Waals surface area contributed by atoms with Gasteiger partial charge in [0.1, 0.15) is 5.75 Å². The van der Waals surface area contributed by atoms with Gasteiger partial charge in [-0.05, 0) is 48.5 Å². The van der Waals surface area contributed by atoms with Crippen molar-refractivity contribution in [3.63, 3.8) is 0 Å². The molecule has 1 aromatic heterocycles. The van der Waals surface area contributed by atoms with Gasteiger partial charge in [0, 0.05) is 22.8 Å². The number of carbonyl (C=O) groups excluding carboxylic acids is 1. The molecule has 0 saturated carbocycles. The lowest BCUT2D eigenvalue weighted by atomic mass is 10.3. The maximum Gasteiger partial charge on any atom is 0.320 e. The fourth-order valence-electron chi connectivity index (χ4n) is 2.00. The smallest absolute Gasteiger partial charge is 0.320 e. The molecular weight excluding hydrogens is 388 g/mol. The van der Waals surface area contributed by atoms with Crippen LogP contribution in [0.3, 0.4) is 0 Å². The third-order valence-corrected chi connectivity index (χ3v) is 3.63. The lowest BCUT2D eigenvalue weighted by molar-refractivity contribution is -0.114. The third kappa shape index (κ3) is 5.05. The number of carbonyl (C=O) groups is 1. The molecule has 0 spiro atoms. The van der Waals surface area contributed by atoms with Crippen molar-refractivity contribution in [2.24, 2.45) is 0 Å². The lowest BCUT2D eigenvalue weighted by Crippen LogP contribution is -2.05. The number of hydrogen-bond acceptors (Lipinski definition) is 6. The summed E-state index contributed by atoms with van der Waals surface area (Å²) in [5.74, 6) is 0.866. The van der Waals surface area contributed by atoms with Gasteiger partial charge in [-0.2, -0.15) is 0 Å². The van der Waals surface area contributed by atoms with Crippen LogP contribution in [0.15, 0.2) is 57.4 Å². The normalized spacial score (nSPS) is 10.3. The number of nitrogens with zero attached hydrogens (tertiary/aromatic N) is 2. The Morgan fingerprint density at radius 3 is 2.44 bits per heavy atom. The Hall–Kier alpha value is -2.87. The maximum atomic E-state index is 11.0. The van der Waals surface area contributed by atoms with Crippen molar-refractivity contribution < 1.29 is 13.9 Å². The van der Waals surface area contributed by atoms with E-state index in [9.17, 15) is 4.79 Å². The van der Waals surface area contributed by atoms with Crippen molar-refractivity contribution >= 4 is 39.2 Å². The minimum Gasteiger partial charge on any atom is -0.484 e. The Morgan fingerprint density at radius 1 is 1.08 bits per heavy atom. The SMILES string of the molecule is CC(=O)Nc1ccc(OCc2nnc(Nc3ccc(Br)cc3)o2)cc1. The summed E-state index contributed by atoms with van der Waals surface area (Å²) in [7, 11) is 0. The Labute approximate surface area is 152 Å². The van der Waals surface area contributed by atoms with Crippen LogP contribution in [0.25, 0.3) is 0 Å². The average molecular weight is 403 g/mol. The van der Waals surface area contributed by atoms with Gasteiger partial charge in [0.05, 0.1) is 0 Å². The Balaban J connectivity index is 1.54. The highest BCUT2D eigenvalue weighted by molar-refractivity contribution is 9.10. The molecule has 128 valence electrons. The molecule has 0 saturated heterocycles. The van der Waals surface area contributed by atoms with Crippen LogP contribution < -0.4 is 15.4 Å². The van der Waals surface area contributed by atoms with Crippen molar-refractivity contribution in [2.45, 2.75) is 13.5 Å². The standard InChI is InChI=1S/C17H15BrN4O3/c1-11(23)19-13-6-8-15(9-7-13)24-10-16-21-22-17(25-16)20-14-4-2-12(18)3-5-14/h2-9H,10H2,1H3,(H,19,23)(H,20,22). The van der Waals surface area contributed by atoms with Gasteiger partial charge in [0.2, 0.25) is 5.91 Å². The molecule has 3 rings (SSSR count). The van der Waals surface area contributed by atoms with Gasteiger partial charge in [-0.3, -0.25) is 4.79 Å². The number of ether oxygens (including phenoxy) is 1. The van der Waals surface area contributed by atoms with E-state index in [4.69, 9.17) is 9.15 Å². The van der Waals surface area contributed by atoms with E-state index in [0.717, 1.165) is 10.2 Å². The Bertz CT molecular complexity index is 847. The van der Waals surface area contributed by atoms with Crippen molar-refractivity contribution in [3.8, 4) is 5.75 Å². The van der Waals surface area contributed by atoms with Crippen LogP contribution in [-0.2, 0) is 11.4 Å². The fourth-order valence-corrected chi connectivity index (χ4v) is 2.27. The molecule has 25 heavy (non-hydrogen) atoms. The van der Waals surface area contributed by atoms with Crippen molar-refractivity contribution in [3.05, 3.63) is 58.9 Å². The second-order valence-corrected chi connectivity index (χ2v) is 6.04. The first-order valence-electron chi connectivity index (χ1n) is 7.44. The summed E-state index contributed by atoms with van der Waals surface area (Å²) in [5, 5.41) is 13.6. The van der Waals surface area contributed by atoms with Crippen molar-refractivity contribution in [2.75, 3.05) is 10.6 Å². The molecule has 1 heterocycles. The molecule has 2 N–H and O–H groups in total. The molecule has 0 aliphatic carbocycles. The number of halogens is 1. The summed E-state index contributed by atoms with van der Waals surface area (Å²) < 4.78 is 12.1. The quantitative estimate of drug-likeness (QED) is 0.644. The van der Waals surface area contributed by atoms with E-state index >= 15 is 0 Å². The number of anilines is 3. The van der Waals surface area contributed by atoms with E-state index in [1.165, 1.54) is 6.92 Å². The van der Waals surface area contributed by atoms with E-state index in [-0.39, 0.29) is 12.5 Å². The van der Waals surface area contributed by atoms with Gasteiger partial charge in [0.25, 0.3) is 5.89 Å². The molecule has 0 aliphatic heterocycles. The largest absolute Gasteiger partial charge is 0.484 e. The van der Waals surface area contributed by atoms with Crippen molar-refractivity contribution in [1.29, 1.82) is 0 Å². The summed E-state index contributed by atoms with van der Waals surface area (Å²) in [5.41, 5.74) is 1.55. The fraction of sp³-hybridized carbons (Fsp3) is 0.118. The molecular formula is C17H15BrN4O3. The van der Waals surface area contributed by atoms with Crippen molar-refractivity contribution in [1.82, 2.24) is 10.2 Å². The Kier molecular flexibility index (Phi) is 5.30. The number of nitrogens with one attached hydrogen (secondary N) is 2. The summed E-state index contributed by atoms with van der Waals surface area (Å²) in [6, 6.07) is 14.9. The summed E-state index contributed by atoms with van der Waals surface area (Å²) >= 11 is 3.38. The highest BCUT2D eigenvalue weighted by Gasteiger charge is 2.07. The topological polar surface area (TPSA) is 89.3 Å². The minimum atomic E-state index is -0.120. The number of rotatable bonds is 6. The maximum absolute atomic E-state index is 11.0. The molecule has 8 heteroatoms. The van der Waals surface area contributed by atoms with Crippen LogP contribution >= 0.6 is 15.9 Å². The zero-order chi connectivity index (χ0) is 17.6. The Morgan fingerprint density at radius 2 is 1.76 bits per heavy atom. The van der Waals surface area contributed by atoms with Crippen LogP contribution in [-0.4, -0.2) is 16.1 Å². The zero-order valence-electron chi connectivity index (χ0n) is 13.3. The predicted molar refractivity (Wildman–Crippen MR) is 96.8 cm³/mol. The summed E-state index contributed by atoms with van der Waals surface area (Å²) in [6.45, 7) is 1.61. The second-order valence-electron chi connectivity index (χ2n) is 5.13. The van der Waals surface area contributed by atoms with Crippen LogP contribution in [0.1, 0.15) is 12.8 Å². The number of benzene rings is 2. The molecule has 0 unspecified atom stereocenters. The monoisotopic (exact) mass is 402 g/mol. The summed E-state index contributed by atoms with van der Waals surface area (Å²) in [6.07, 6.45) is 0. The highest BCUT2D eigenvalue weighted by atomic mass is 79.9. The number of amides is 1. The number of hydrogen-bond donors (Lipinski definition) is 2. The molecule has 0 atom stereocenters. The molecule has 0 fully saturated rings. The van der Waals surface area contributed by atoms with Gasteiger partial charge in [-0.15, -0.1) is 5.10 Å². The van der Waals surface area contributed by atoms with Gasteiger partial charge in [0.15, 0.2) is 6.61 Å². The van der Waals surface area contributed by atoms with Crippen LogP contribution in [0.4, 0.5) is 17.4 Å². The average Bonchev–Trinajstić information content (AvgIpc) is 3.03. The zero-order valence-corrected chi connectivity index (χ0v) is 14.9. The van der Waals surface area contributed by atoms with Gasteiger partial charge < -0.3 is 19.8 Å². The van der Waals surface area contributed by atoms with Crippen LogP contribution in [0, 0.1) is 0 Å². The third-order valence-electron chi connectivity index (χ3n) is 3.10. The van der Waals surface area contributed by atoms with E-state index in [1.54, 1.807) is 24.3 Å². The molecule has 0 aliphatic rings. The predicted octanol–water partition coefficient (Wildman–Crippen LogP) is 4.11. The molecule has 2 aromatic carbocycles. The van der Waals surface area contributed by atoms with E-state index in [0.29, 0.717) is 23.3 Å². The van der Waals surface area contributed by atoms with Crippen LogP contribution in [0.2, 0.25) is 0 Å². The molecule has 7 nitrogen and oxygen atoms in total. The molecule has 1 amide bonds. The summed E-state index contributed by atoms with van der Waals surface area (Å²) in [4.78, 5) is 11.0. The number of aromatic nitrogens is 2. The van der Waals surface area contributed by atoms with E-state index in [1.807, 2.05) is 24.3 Å². The molecule has 0 radical (unpaired) electrons. The van der Waals surface area contributed by atoms with E-state index in [2.05, 4.69) is 36.8 Å². The van der Waals surface area contributed by atoms with Gasteiger partial charge in [-0.1, -0.05) is 21.0 Å². The van der Waals surface area contributed by atoms with Crippen LogP contribution in [0.5, 0.6) is 5.75 Å². The van der Waals surface area contributed by atoms with E-state index < -0.39 is 0 Å². The first-order chi connectivity index (χ1) is 12.1. The van der Waals surface area contributed by atoms with Gasteiger partial charge >= 0.3 is 6.01 Å². The lowest BCUT2D eigenvalue weighted by Gasteiger charge is -2.05.